The van der Waals surface area contributed by atoms with E-state index in [2.05, 4.69) is 27.1 Å². The summed E-state index contributed by atoms with van der Waals surface area (Å²) in [7, 11) is 2.12. The van der Waals surface area contributed by atoms with Crippen LogP contribution in [0.5, 0.6) is 0 Å². The van der Waals surface area contributed by atoms with Gasteiger partial charge in [0, 0.05) is 36.9 Å². The summed E-state index contributed by atoms with van der Waals surface area (Å²) in [5.41, 5.74) is 3.05. The zero-order valence-corrected chi connectivity index (χ0v) is 16.4. The number of imidazole rings is 1. The van der Waals surface area contributed by atoms with Gasteiger partial charge in [-0.1, -0.05) is 29.8 Å². The van der Waals surface area contributed by atoms with Gasteiger partial charge in [-0.15, -0.1) is 0 Å². The molecule has 0 radical (unpaired) electrons. The first-order chi connectivity index (χ1) is 13.6. The Hall–Kier alpha value is -2.83. The van der Waals surface area contributed by atoms with Crippen molar-refractivity contribution in [2.75, 3.05) is 43.4 Å². The number of amides is 1. The van der Waals surface area contributed by atoms with Gasteiger partial charge in [-0.2, -0.15) is 0 Å². The van der Waals surface area contributed by atoms with Gasteiger partial charge in [-0.3, -0.25) is 9.36 Å². The van der Waals surface area contributed by atoms with Gasteiger partial charge in [0.25, 0.3) is 5.91 Å². The molecule has 1 saturated heterocycles. The summed E-state index contributed by atoms with van der Waals surface area (Å²) < 4.78 is 1.77. The number of carbonyl (C=O) groups is 1. The summed E-state index contributed by atoms with van der Waals surface area (Å²) in [4.78, 5) is 21.8. The van der Waals surface area contributed by atoms with Crippen LogP contribution in [-0.4, -0.2) is 53.6 Å². The lowest BCUT2D eigenvalue weighted by Gasteiger charge is -2.35. The predicted molar refractivity (Wildman–Crippen MR) is 113 cm³/mol. The molecule has 1 N–H and O–H groups in total. The number of aromatic nitrogens is 2. The molecule has 3 aromatic rings. The van der Waals surface area contributed by atoms with E-state index in [1.807, 2.05) is 42.5 Å². The van der Waals surface area contributed by atoms with Crippen LogP contribution in [-0.2, 0) is 0 Å². The van der Waals surface area contributed by atoms with Gasteiger partial charge in [-0.25, -0.2) is 4.98 Å². The van der Waals surface area contributed by atoms with Crippen molar-refractivity contribution in [3.05, 3.63) is 71.8 Å². The standard InChI is InChI=1S/C21H22ClN5O/c1-25-9-11-26(12-10-25)19-8-7-16(22)13-18(19)24-21(28)20-14-23-15-27(20)17-5-3-2-4-6-17/h2-8,13-15H,9-12H2,1H3,(H,24,28). The van der Waals surface area contributed by atoms with E-state index in [9.17, 15) is 4.79 Å². The number of nitrogens with zero attached hydrogens (tertiary/aromatic N) is 4. The molecule has 1 aliphatic rings. The second-order valence-electron chi connectivity index (χ2n) is 6.89. The summed E-state index contributed by atoms with van der Waals surface area (Å²) in [5.74, 6) is -0.223. The molecule has 4 rings (SSSR count). The Balaban J connectivity index is 1.61. The van der Waals surface area contributed by atoms with Crippen LogP contribution in [0, 0.1) is 0 Å². The average molecular weight is 396 g/mol. The number of para-hydroxylation sites is 1. The highest BCUT2D eigenvalue weighted by Gasteiger charge is 2.20. The minimum absolute atomic E-state index is 0.223. The Morgan fingerprint density at radius 3 is 2.57 bits per heavy atom. The maximum absolute atomic E-state index is 13.0. The van der Waals surface area contributed by atoms with E-state index in [-0.39, 0.29) is 5.91 Å². The fourth-order valence-electron chi connectivity index (χ4n) is 3.38. The van der Waals surface area contributed by atoms with E-state index < -0.39 is 0 Å². The van der Waals surface area contributed by atoms with Crippen LogP contribution in [0.15, 0.2) is 61.1 Å². The molecular weight excluding hydrogens is 374 g/mol. The molecule has 144 valence electrons. The molecule has 1 fully saturated rings. The minimum Gasteiger partial charge on any atom is -0.367 e. The van der Waals surface area contributed by atoms with Crippen molar-refractivity contribution in [2.24, 2.45) is 0 Å². The Labute approximate surface area is 169 Å². The van der Waals surface area contributed by atoms with Crippen molar-refractivity contribution in [3.8, 4) is 5.69 Å². The molecule has 7 heteroatoms. The Morgan fingerprint density at radius 1 is 1.07 bits per heavy atom. The first-order valence-electron chi connectivity index (χ1n) is 9.24. The highest BCUT2D eigenvalue weighted by atomic mass is 35.5. The van der Waals surface area contributed by atoms with Crippen molar-refractivity contribution in [2.45, 2.75) is 0 Å². The monoisotopic (exact) mass is 395 g/mol. The van der Waals surface area contributed by atoms with Gasteiger partial charge in [0.15, 0.2) is 0 Å². The second-order valence-corrected chi connectivity index (χ2v) is 7.33. The van der Waals surface area contributed by atoms with Crippen LogP contribution >= 0.6 is 11.6 Å². The van der Waals surface area contributed by atoms with Gasteiger partial charge in [-0.05, 0) is 37.4 Å². The number of carbonyl (C=O) groups excluding carboxylic acids is 1. The first-order valence-corrected chi connectivity index (χ1v) is 9.62. The van der Waals surface area contributed by atoms with Crippen molar-refractivity contribution in [1.29, 1.82) is 0 Å². The molecule has 1 aromatic heterocycles. The highest BCUT2D eigenvalue weighted by molar-refractivity contribution is 6.31. The number of halogens is 1. The third-order valence-electron chi connectivity index (χ3n) is 4.96. The van der Waals surface area contributed by atoms with Crippen LogP contribution in [0.3, 0.4) is 0 Å². The molecule has 6 nitrogen and oxygen atoms in total. The molecule has 1 amide bonds. The van der Waals surface area contributed by atoms with E-state index in [0.29, 0.717) is 16.4 Å². The highest BCUT2D eigenvalue weighted by Crippen LogP contribution is 2.30. The summed E-state index contributed by atoms with van der Waals surface area (Å²) in [6, 6.07) is 15.3. The van der Waals surface area contributed by atoms with Crippen molar-refractivity contribution in [1.82, 2.24) is 14.5 Å². The van der Waals surface area contributed by atoms with Crippen molar-refractivity contribution < 1.29 is 4.79 Å². The summed E-state index contributed by atoms with van der Waals surface area (Å²) >= 11 is 6.22. The normalized spacial score (nSPS) is 14.9. The van der Waals surface area contributed by atoms with E-state index >= 15 is 0 Å². The lowest BCUT2D eigenvalue weighted by molar-refractivity contribution is 0.102. The Morgan fingerprint density at radius 2 is 1.82 bits per heavy atom. The van der Waals surface area contributed by atoms with Crippen LogP contribution < -0.4 is 10.2 Å². The molecule has 2 aromatic carbocycles. The van der Waals surface area contributed by atoms with Gasteiger partial charge in [0.1, 0.15) is 5.69 Å². The van der Waals surface area contributed by atoms with E-state index in [0.717, 1.165) is 37.6 Å². The average Bonchev–Trinajstić information content (AvgIpc) is 3.20. The Bertz CT molecular complexity index is 964. The number of rotatable bonds is 4. The smallest absolute Gasteiger partial charge is 0.274 e. The predicted octanol–water partition coefficient (Wildman–Crippen LogP) is 3.53. The lowest BCUT2D eigenvalue weighted by atomic mass is 10.2. The second kappa shape index (κ2) is 8.04. The number of nitrogens with one attached hydrogen (secondary N) is 1. The van der Waals surface area contributed by atoms with Crippen LogP contribution in [0.25, 0.3) is 5.69 Å². The molecule has 1 aliphatic heterocycles. The molecule has 0 aliphatic carbocycles. The molecule has 2 heterocycles. The topological polar surface area (TPSA) is 53.4 Å². The molecule has 0 atom stereocenters. The van der Waals surface area contributed by atoms with Gasteiger partial charge >= 0.3 is 0 Å². The summed E-state index contributed by atoms with van der Waals surface area (Å²) in [5, 5.41) is 3.62. The number of hydrogen-bond acceptors (Lipinski definition) is 4. The molecule has 28 heavy (non-hydrogen) atoms. The van der Waals surface area contributed by atoms with Crippen LogP contribution in [0.2, 0.25) is 5.02 Å². The number of hydrogen-bond donors (Lipinski definition) is 1. The maximum Gasteiger partial charge on any atom is 0.274 e. The minimum atomic E-state index is -0.223. The Kier molecular flexibility index (Phi) is 5.32. The van der Waals surface area contributed by atoms with E-state index in [1.54, 1.807) is 23.2 Å². The van der Waals surface area contributed by atoms with Gasteiger partial charge < -0.3 is 15.1 Å². The van der Waals surface area contributed by atoms with Gasteiger partial charge in [0.2, 0.25) is 0 Å². The van der Waals surface area contributed by atoms with E-state index in [1.165, 1.54) is 0 Å². The lowest BCUT2D eigenvalue weighted by Crippen LogP contribution is -2.44. The zero-order chi connectivity index (χ0) is 19.5. The number of likely N-dealkylation sites (N-methyl/N-ethyl adjacent to an activating group) is 1. The first kappa shape index (κ1) is 18.5. The van der Waals surface area contributed by atoms with Crippen LogP contribution in [0.1, 0.15) is 10.5 Å². The van der Waals surface area contributed by atoms with E-state index in [4.69, 9.17) is 11.6 Å². The summed E-state index contributed by atoms with van der Waals surface area (Å²) in [6.45, 7) is 3.78. The van der Waals surface area contributed by atoms with Crippen LogP contribution in [0.4, 0.5) is 11.4 Å². The molecule has 0 saturated carbocycles. The fraction of sp³-hybridized carbons (Fsp3) is 0.238. The third kappa shape index (κ3) is 3.88. The number of benzene rings is 2. The fourth-order valence-corrected chi connectivity index (χ4v) is 3.55. The number of anilines is 2. The maximum atomic E-state index is 13.0. The summed E-state index contributed by atoms with van der Waals surface area (Å²) in [6.07, 6.45) is 3.21. The molecular formula is C21H22ClN5O. The molecule has 0 unspecified atom stereocenters. The van der Waals surface area contributed by atoms with Crippen molar-refractivity contribution in [3.63, 3.8) is 0 Å². The zero-order valence-electron chi connectivity index (χ0n) is 15.7. The largest absolute Gasteiger partial charge is 0.367 e. The van der Waals surface area contributed by atoms with Gasteiger partial charge in [0.05, 0.1) is 23.9 Å². The molecule has 0 spiro atoms. The third-order valence-corrected chi connectivity index (χ3v) is 5.19. The molecule has 0 bridgehead atoms. The quantitative estimate of drug-likeness (QED) is 0.734. The SMILES string of the molecule is CN1CCN(c2ccc(Cl)cc2NC(=O)c2cncn2-c2ccccc2)CC1. The van der Waals surface area contributed by atoms with Crippen molar-refractivity contribution >= 4 is 28.9 Å². The number of piperazine rings is 1.